The van der Waals surface area contributed by atoms with E-state index in [0.29, 0.717) is 23.8 Å². The van der Waals surface area contributed by atoms with Crippen LogP contribution >= 0.6 is 11.3 Å². The van der Waals surface area contributed by atoms with Crippen molar-refractivity contribution in [3.63, 3.8) is 0 Å². The normalized spacial score (nSPS) is 20.0. The number of benzene rings is 1. The van der Waals surface area contributed by atoms with Crippen LogP contribution in [0.5, 0.6) is 0 Å². The minimum absolute atomic E-state index is 0.0529. The lowest BCUT2D eigenvalue weighted by atomic mass is 9.91. The minimum Gasteiger partial charge on any atom is -0.338 e. The number of aryl methyl sites for hydroxylation is 1. The molecule has 2 aromatic rings. The van der Waals surface area contributed by atoms with Crippen LogP contribution in [-0.4, -0.2) is 29.8 Å². The van der Waals surface area contributed by atoms with E-state index in [1.165, 1.54) is 6.42 Å². The summed E-state index contributed by atoms with van der Waals surface area (Å²) in [6.07, 6.45) is 1.53. The van der Waals surface area contributed by atoms with Gasteiger partial charge in [-0.2, -0.15) is 0 Å². The molecule has 1 fully saturated rings. The van der Waals surface area contributed by atoms with Gasteiger partial charge in [0.25, 0.3) is 5.91 Å². The fourth-order valence-corrected chi connectivity index (χ4v) is 4.37. The zero-order valence-corrected chi connectivity index (χ0v) is 16.4. The molecule has 1 saturated heterocycles. The Bertz CT molecular complexity index is 775. The third kappa shape index (κ3) is 4.52. The van der Waals surface area contributed by atoms with Crippen LogP contribution in [0.2, 0.25) is 0 Å². The maximum Gasteiger partial charge on any atom is 0.253 e. The molecule has 1 aromatic carbocycles. The first-order chi connectivity index (χ1) is 12.4. The highest BCUT2D eigenvalue weighted by atomic mass is 32.1. The summed E-state index contributed by atoms with van der Waals surface area (Å²) in [5.41, 5.74) is 2.32. The van der Waals surface area contributed by atoms with E-state index in [-0.39, 0.29) is 11.8 Å². The Hall–Kier alpha value is -2.14. The number of nitrogens with one attached hydrogen (secondary N) is 1. The number of piperidine rings is 1. The van der Waals surface area contributed by atoms with E-state index in [4.69, 9.17) is 0 Å². The molecule has 5 heteroatoms. The van der Waals surface area contributed by atoms with Gasteiger partial charge in [-0.15, -0.1) is 11.3 Å². The summed E-state index contributed by atoms with van der Waals surface area (Å²) in [4.78, 5) is 28.2. The molecule has 26 heavy (non-hydrogen) atoms. The fourth-order valence-electron chi connectivity index (χ4n) is 3.67. The average Bonchev–Trinajstić information content (AvgIpc) is 3.08. The first-order valence-corrected chi connectivity index (χ1v) is 10.0. The second-order valence-corrected chi connectivity index (χ2v) is 8.52. The highest BCUT2D eigenvalue weighted by Crippen LogP contribution is 2.24. The van der Waals surface area contributed by atoms with Crippen molar-refractivity contribution in [1.29, 1.82) is 0 Å². The Balaban J connectivity index is 1.72. The van der Waals surface area contributed by atoms with Gasteiger partial charge in [0.2, 0.25) is 5.91 Å². The monoisotopic (exact) mass is 370 g/mol. The maximum absolute atomic E-state index is 12.9. The number of hydrogen-bond acceptors (Lipinski definition) is 3. The van der Waals surface area contributed by atoms with E-state index >= 15 is 0 Å². The van der Waals surface area contributed by atoms with Gasteiger partial charge in [0, 0.05) is 29.2 Å². The third-order valence-electron chi connectivity index (χ3n) is 4.83. The molecule has 2 amide bonds. The summed E-state index contributed by atoms with van der Waals surface area (Å²) in [5, 5.41) is 4.93. The fraction of sp³-hybridized carbons (Fsp3) is 0.429. The molecule has 1 aliphatic heterocycles. The number of amides is 2. The van der Waals surface area contributed by atoms with Gasteiger partial charge >= 0.3 is 0 Å². The number of anilines is 1. The van der Waals surface area contributed by atoms with Gasteiger partial charge in [-0.3, -0.25) is 9.59 Å². The molecule has 1 aliphatic rings. The van der Waals surface area contributed by atoms with Gasteiger partial charge in [-0.25, -0.2) is 0 Å². The first-order valence-electron chi connectivity index (χ1n) is 9.14. The van der Waals surface area contributed by atoms with Gasteiger partial charge in [-0.05, 0) is 54.3 Å². The average molecular weight is 371 g/mol. The quantitative estimate of drug-likeness (QED) is 0.869. The molecule has 4 nitrogen and oxygen atoms in total. The molecule has 1 N–H and O–H groups in total. The Morgan fingerprint density at radius 3 is 2.58 bits per heavy atom. The number of carbonyl (C=O) groups is 2. The van der Waals surface area contributed by atoms with Crippen molar-refractivity contribution >= 4 is 28.8 Å². The molecule has 0 saturated carbocycles. The molecule has 3 rings (SSSR count). The topological polar surface area (TPSA) is 49.4 Å². The summed E-state index contributed by atoms with van der Waals surface area (Å²) in [6.45, 7) is 7.94. The first kappa shape index (κ1) is 18.6. The third-order valence-corrected chi connectivity index (χ3v) is 5.71. The molecule has 1 aromatic heterocycles. The van der Waals surface area contributed by atoms with E-state index in [2.05, 4.69) is 19.2 Å². The Morgan fingerprint density at radius 1 is 1.19 bits per heavy atom. The van der Waals surface area contributed by atoms with Crippen LogP contribution in [0.25, 0.3) is 0 Å². The Morgan fingerprint density at radius 2 is 1.92 bits per heavy atom. The standard InChI is InChI=1S/C21H26N2O2S/c1-14-9-15(2)13-23(12-14)21(25)17-7-6-16(3)19(10-17)22-20(24)11-18-5-4-8-26-18/h4-8,10,14-15H,9,11-13H2,1-3H3,(H,22,24). The maximum atomic E-state index is 12.9. The van der Waals surface area contributed by atoms with E-state index in [0.717, 1.165) is 29.2 Å². The lowest BCUT2D eigenvalue weighted by Gasteiger charge is -2.35. The van der Waals surface area contributed by atoms with Crippen LogP contribution in [0.1, 0.15) is 41.1 Å². The van der Waals surface area contributed by atoms with Gasteiger partial charge in [0.15, 0.2) is 0 Å². The van der Waals surface area contributed by atoms with Crippen molar-refractivity contribution in [1.82, 2.24) is 4.90 Å². The van der Waals surface area contributed by atoms with Crippen molar-refractivity contribution in [2.24, 2.45) is 11.8 Å². The van der Waals surface area contributed by atoms with Crippen LogP contribution in [0, 0.1) is 18.8 Å². The zero-order valence-electron chi connectivity index (χ0n) is 15.6. The molecule has 0 bridgehead atoms. The smallest absolute Gasteiger partial charge is 0.253 e. The lowest BCUT2D eigenvalue weighted by Crippen LogP contribution is -2.42. The van der Waals surface area contributed by atoms with Gasteiger partial charge in [0.1, 0.15) is 0 Å². The second kappa shape index (κ2) is 8.04. The summed E-state index contributed by atoms with van der Waals surface area (Å²) in [7, 11) is 0. The number of thiophene rings is 1. The van der Waals surface area contributed by atoms with Crippen LogP contribution < -0.4 is 5.32 Å². The minimum atomic E-state index is -0.0552. The van der Waals surface area contributed by atoms with Crippen LogP contribution in [0.4, 0.5) is 5.69 Å². The number of carbonyl (C=O) groups excluding carboxylic acids is 2. The van der Waals surface area contributed by atoms with Crippen molar-refractivity contribution in [2.75, 3.05) is 18.4 Å². The lowest BCUT2D eigenvalue weighted by molar-refractivity contribution is -0.115. The summed E-state index contributed by atoms with van der Waals surface area (Å²) < 4.78 is 0. The van der Waals surface area contributed by atoms with E-state index < -0.39 is 0 Å². The van der Waals surface area contributed by atoms with Crippen molar-refractivity contribution in [2.45, 2.75) is 33.6 Å². The van der Waals surface area contributed by atoms with E-state index in [1.807, 2.05) is 47.5 Å². The zero-order chi connectivity index (χ0) is 18.7. The van der Waals surface area contributed by atoms with Gasteiger partial charge < -0.3 is 10.2 Å². The summed E-state index contributed by atoms with van der Waals surface area (Å²) in [5.74, 6) is 1.05. The van der Waals surface area contributed by atoms with Crippen LogP contribution in [0.3, 0.4) is 0 Å². The number of likely N-dealkylation sites (tertiary alicyclic amines) is 1. The number of hydrogen-bond donors (Lipinski definition) is 1. The number of rotatable bonds is 4. The molecule has 0 aliphatic carbocycles. The highest BCUT2D eigenvalue weighted by Gasteiger charge is 2.26. The van der Waals surface area contributed by atoms with Gasteiger partial charge in [0.05, 0.1) is 6.42 Å². The molecule has 0 radical (unpaired) electrons. The Kier molecular flexibility index (Phi) is 5.77. The van der Waals surface area contributed by atoms with Crippen molar-refractivity contribution in [3.05, 3.63) is 51.7 Å². The molecule has 2 atom stereocenters. The molecular formula is C21H26N2O2S. The summed E-state index contributed by atoms with van der Waals surface area (Å²) >= 11 is 1.57. The molecule has 138 valence electrons. The van der Waals surface area contributed by atoms with Crippen molar-refractivity contribution < 1.29 is 9.59 Å². The largest absolute Gasteiger partial charge is 0.338 e. The predicted molar refractivity (Wildman–Crippen MR) is 107 cm³/mol. The molecule has 2 heterocycles. The Labute approximate surface area is 159 Å². The summed E-state index contributed by atoms with van der Waals surface area (Å²) in [6, 6.07) is 9.48. The van der Waals surface area contributed by atoms with Crippen molar-refractivity contribution in [3.8, 4) is 0 Å². The van der Waals surface area contributed by atoms with E-state index in [9.17, 15) is 9.59 Å². The molecule has 2 unspecified atom stereocenters. The van der Waals surface area contributed by atoms with Gasteiger partial charge in [-0.1, -0.05) is 26.0 Å². The predicted octanol–water partition coefficient (Wildman–Crippen LogP) is 4.36. The van der Waals surface area contributed by atoms with Crippen LogP contribution in [0.15, 0.2) is 35.7 Å². The highest BCUT2D eigenvalue weighted by molar-refractivity contribution is 7.10. The molecular weight excluding hydrogens is 344 g/mol. The van der Waals surface area contributed by atoms with E-state index in [1.54, 1.807) is 11.3 Å². The molecule has 0 spiro atoms. The second-order valence-electron chi connectivity index (χ2n) is 7.49. The number of nitrogens with zero attached hydrogens (tertiary/aromatic N) is 1. The SMILES string of the molecule is Cc1ccc(C(=O)N2CC(C)CC(C)C2)cc1NC(=O)Cc1cccs1. The van der Waals surface area contributed by atoms with Crippen LogP contribution in [-0.2, 0) is 11.2 Å².